The summed E-state index contributed by atoms with van der Waals surface area (Å²) in [5, 5.41) is 7.26. The summed E-state index contributed by atoms with van der Waals surface area (Å²) < 4.78 is 30.0. The Kier molecular flexibility index (Phi) is 3.37. The molecule has 1 N–H and O–H groups in total. The van der Waals surface area contributed by atoms with Crippen LogP contribution >= 0.6 is 0 Å². The van der Waals surface area contributed by atoms with E-state index in [0.717, 1.165) is 16.8 Å². The third-order valence-corrected chi connectivity index (χ3v) is 4.07. The molecule has 1 atom stereocenters. The molecule has 1 aromatic heterocycles. The van der Waals surface area contributed by atoms with Crippen molar-refractivity contribution in [2.75, 3.05) is 5.32 Å². The Bertz CT molecular complexity index is 908. The molecule has 24 heavy (non-hydrogen) atoms. The van der Waals surface area contributed by atoms with Crippen molar-refractivity contribution in [2.45, 2.75) is 13.0 Å². The van der Waals surface area contributed by atoms with E-state index in [9.17, 15) is 8.78 Å². The maximum absolute atomic E-state index is 14.3. The van der Waals surface area contributed by atoms with Crippen LogP contribution in [0.4, 0.5) is 14.7 Å². The zero-order valence-corrected chi connectivity index (χ0v) is 12.9. The predicted molar refractivity (Wildman–Crippen MR) is 87.3 cm³/mol. The minimum absolute atomic E-state index is 0.0460. The number of nitrogens with one attached hydrogen (secondary N) is 1. The molecule has 120 valence electrons. The summed E-state index contributed by atoms with van der Waals surface area (Å²) in [4.78, 5) is 4.14. The van der Waals surface area contributed by atoms with Gasteiger partial charge in [-0.05, 0) is 30.7 Å². The molecule has 0 fully saturated rings. The number of anilines is 1. The molecule has 0 radical (unpaired) electrons. The van der Waals surface area contributed by atoms with Crippen LogP contribution in [0, 0.1) is 18.6 Å². The quantitative estimate of drug-likeness (QED) is 0.777. The Morgan fingerprint density at radius 1 is 1.04 bits per heavy atom. The first-order chi connectivity index (χ1) is 11.6. The van der Waals surface area contributed by atoms with E-state index in [-0.39, 0.29) is 5.56 Å². The largest absolute Gasteiger partial charge is 0.324 e. The van der Waals surface area contributed by atoms with Gasteiger partial charge in [0.2, 0.25) is 5.95 Å². The van der Waals surface area contributed by atoms with E-state index < -0.39 is 17.7 Å². The molecule has 0 amide bonds. The predicted octanol–water partition coefficient (Wildman–Crippen LogP) is 3.92. The van der Waals surface area contributed by atoms with Crippen molar-refractivity contribution in [2.24, 2.45) is 0 Å². The van der Waals surface area contributed by atoms with E-state index in [2.05, 4.69) is 15.4 Å². The van der Waals surface area contributed by atoms with Gasteiger partial charge in [-0.15, -0.1) is 0 Å². The Morgan fingerprint density at radius 2 is 1.75 bits per heavy atom. The van der Waals surface area contributed by atoms with Crippen LogP contribution in [0.2, 0.25) is 0 Å². The van der Waals surface area contributed by atoms with Crippen LogP contribution in [-0.4, -0.2) is 14.8 Å². The third-order valence-electron chi connectivity index (χ3n) is 4.07. The molecule has 0 spiro atoms. The molecule has 0 bridgehead atoms. The molecule has 0 aliphatic carbocycles. The average molecular weight is 324 g/mol. The Balaban J connectivity index is 1.87. The van der Waals surface area contributed by atoms with Gasteiger partial charge in [-0.3, -0.25) is 0 Å². The van der Waals surface area contributed by atoms with E-state index in [0.29, 0.717) is 5.95 Å². The van der Waals surface area contributed by atoms with Crippen LogP contribution in [0.1, 0.15) is 22.7 Å². The summed E-state index contributed by atoms with van der Waals surface area (Å²) >= 11 is 0. The molecular formula is C18H14F2N4. The summed E-state index contributed by atoms with van der Waals surface area (Å²) in [5.74, 6) is -0.772. The number of nitrogens with zero attached hydrogens (tertiary/aromatic N) is 3. The van der Waals surface area contributed by atoms with Gasteiger partial charge in [0.15, 0.2) is 0 Å². The number of hydrogen-bond acceptors (Lipinski definition) is 3. The number of fused-ring (bicyclic) bond motifs is 1. The third kappa shape index (κ3) is 2.36. The molecule has 3 aromatic rings. The highest BCUT2D eigenvalue weighted by Crippen LogP contribution is 2.34. The molecule has 2 heterocycles. The van der Waals surface area contributed by atoms with Crippen molar-refractivity contribution < 1.29 is 8.78 Å². The van der Waals surface area contributed by atoms with E-state index in [1.165, 1.54) is 29.2 Å². The van der Waals surface area contributed by atoms with Gasteiger partial charge in [0.1, 0.15) is 24.0 Å². The van der Waals surface area contributed by atoms with Crippen molar-refractivity contribution in [1.82, 2.24) is 14.8 Å². The summed E-state index contributed by atoms with van der Waals surface area (Å²) in [7, 11) is 0. The average Bonchev–Trinajstić information content (AvgIpc) is 3.04. The molecular weight excluding hydrogens is 310 g/mol. The van der Waals surface area contributed by atoms with Gasteiger partial charge >= 0.3 is 0 Å². The maximum Gasteiger partial charge on any atom is 0.226 e. The minimum Gasteiger partial charge on any atom is -0.324 e. The second-order valence-electron chi connectivity index (χ2n) is 5.68. The van der Waals surface area contributed by atoms with Gasteiger partial charge in [0.25, 0.3) is 0 Å². The Morgan fingerprint density at radius 3 is 2.46 bits per heavy atom. The number of aromatic nitrogens is 3. The van der Waals surface area contributed by atoms with Crippen LogP contribution in [0.15, 0.2) is 54.9 Å². The second kappa shape index (κ2) is 5.56. The molecule has 1 aliphatic rings. The molecule has 0 saturated carbocycles. The van der Waals surface area contributed by atoms with Crippen LogP contribution in [0.3, 0.4) is 0 Å². The van der Waals surface area contributed by atoms with Gasteiger partial charge in [-0.25, -0.2) is 13.5 Å². The monoisotopic (exact) mass is 324 g/mol. The number of benzene rings is 2. The number of allylic oxidation sites excluding steroid dienone is 1. The van der Waals surface area contributed by atoms with E-state index in [1.807, 2.05) is 31.2 Å². The molecule has 6 heteroatoms. The van der Waals surface area contributed by atoms with Crippen LogP contribution in [-0.2, 0) is 0 Å². The van der Waals surface area contributed by atoms with Gasteiger partial charge in [-0.2, -0.15) is 10.1 Å². The van der Waals surface area contributed by atoms with Gasteiger partial charge in [0, 0.05) is 5.70 Å². The summed E-state index contributed by atoms with van der Waals surface area (Å²) in [6, 6.07) is 11.0. The van der Waals surface area contributed by atoms with Crippen molar-refractivity contribution in [3.8, 4) is 0 Å². The first-order valence-corrected chi connectivity index (χ1v) is 7.53. The number of aryl methyl sites for hydroxylation is 1. The zero-order valence-electron chi connectivity index (χ0n) is 12.9. The van der Waals surface area contributed by atoms with Crippen molar-refractivity contribution >= 4 is 11.6 Å². The maximum atomic E-state index is 14.3. The van der Waals surface area contributed by atoms with E-state index in [4.69, 9.17) is 0 Å². The van der Waals surface area contributed by atoms with E-state index in [1.54, 1.807) is 6.08 Å². The molecule has 4 rings (SSSR count). The molecule has 4 nitrogen and oxygen atoms in total. The molecule has 0 saturated heterocycles. The number of halogens is 2. The van der Waals surface area contributed by atoms with Gasteiger partial charge in [0.05, 0.1) is 5.56 Å². The van der Waals surface area contributed by atoms with Crippen LogP contribution in [0.5, 0.6) is 0 Å². The topological polar surface area (TPSA) is 42.7 Å². The fourth-order valence-electron chi connectivity index (χ4n) is 2.83. The highest BCUT2D eigenvalue weighted by molar-refractivity contribution is 5.77. The Labute approximate surface area is 137 Å². The summed E-state index contributed by atoms with van der Waals surface area (Å²) in [5.41, 5.74) is 2.74. The molecule has 1 aliphatic heterocycles. The van der Waals surface area contributed by atoms with Crippen molar-refractivity contribution in [3.63, 3.8) is 0 Å². The van der Waals surface area contributed by atoms with Crippen molar-refractivity contribution in [3.05, 3.63) is 83.2 Å². The van der Waals surface area contributed by atoms with E-state index >= 15 is 0 Å². The number of rotatable bonds is 2. The standard InChI is InChI=1S/C18H14F2N4/c1-11-5-7-12(8-6-11)15-9-16(24-18(23-15)21-10-22-24)17-13(19)3-2-4-14(17)20/h2-10,16H,1H3,(H,21,22,23). The fraction of sp³-hybridized carbons (Fsp3) is 0.111. The van der Waals surface area contributed by atoms with Crippen molar-refractivity contribution in [1.29, 1.82) is 0 Å². The van der Waals surface area contributed by atoms with Crippen LogP contribution in [0.25, 0.3) is 5.70 Å². The molecule has 2 aromatic carbocycles. The van der Waals surface area contributed by atoms with Gasteiger partial charge < -0.3 is 5.32 Å². The molecule has 1 unspecified atom stereocenters. The fourth-order valence-corrected chi connectivity index (χ4v) is 2.83. The normalized spacial score (nSPS) is 16.3. The smallest absolute Gasteiger partial charge is 0.226 e. The lowest BCUT2D eigenvalue weighted by Gasteiger charge is -2.25. The highest BCUT2D eigenvalue weighted by atomic mass is 19.1. The Hall–Kier alpha value is -3.02. The SMILES string of the molecule is Cc1ccc(C2=CC(c3c(F)cccc3F)n3ncnc3N2)cc1. The lowest BCUT2D eigenvalue weighted by molar-refractivity contribution is 0.505. The minimum atomic E-state index is -0.707. The highest BCUT2D eigenvalue weighted by Gasteiger charge is 2.27. The van der Waals surface area contributed by atoms with Gasteiger partial charge in [-0.1, -0.05) is 35.9 Å². The summed E-state index contributed by atoms with van der Waals surface area (Å²) in [6.07, 6.45) is 3.12. The lowest BCUT2D eigenvalue weighted by Crippen LogP contribution is -2.22. The van der Waals surface area contributed by atoms with Crippen LogP contribution < -0.4 is 5.32 Å². The zero-order chi connectivity index (χ0) is 16.7. The first kappa shape index (κ1) is 14.6. The summed E-state index contributed by atoms with van der Waals surface area (Å²) in [6.45, 7) is 2.00. The second-order valence-corrected chi connectivity index (χ2v) is 5.68. The number of hydrogen-bond donors (Lipinski definition) is 1. The lowest BCUT2D eigenvalue weighted by atomic mass is 10.0. The first-order valence-electron chi connectivity index (χ1n) is 7.53.